The number of rotatable bonds is 5. The molecule has 1 unspecified atom stereocenters. The number of phenols is 1. The normalized spacial score (nSPS) is 14.3. The Hall–Kier alpha value is -2.27. The Morgan fingerprint density at radius 1 is 1.35 bits per heavy atom. The van der Waals surface area contributed by atoms with E-state index in [0.717, 1.165) is 0 Å². The molecule has 0 bridgehead atoms. The molecule has 0 saturated carbocycles. The molecule has 5 nitrogen and oxygen atoms in total. The number of nitrogens with zero attached hydrogens (tertiary/aromatic N) is 1. The second-order valence-corrected chi connectivity index (χ2v) is 4.62. The number of benzene rings is 1. The van der Waals surface area contributed by atoms with E-state index in [1.807, 2.05) is 0 Å². The van der Waals surface area contributed by atoms with Gasteiger partial charge in [0.25, 0.3) is 0 Å². The van der Waals surface area contributed by atoms with Crippen molar-refractivity contribution >= 4 is 6.21 Å². The lowest BCUT2D eigenvalue weighted by Crippen LogP contribution is -2.24. The summed E-state index contributed by atoms with van der Waals surface area (Å²) in [6.45, 7) is 1.74. The number of ether oxygens (including phenoxy) is 1. The monoisotopic (exact) mass is 275 g/mol. The fourth-order valence-electron chi connectivity index (χ4n) is 1.79. The van der Waals surface area contributed by atoms with Crippen LogP contribution in [0.1, 0.15) is 18.2 Å². The summed E-state index contributed by atoms with van der Waals surface area (Å²) in [5.74, 6) is 0.854. The molecule has 20 heavy (non-hydrogen) atoms. The second-order valence-electron chi connectivity index (χ2n) is 4.62. The van der Waals surface area contributed by atoms with Crippen LogP contribution in [-0.2, 0) is 5.60 Å². The fraction of sp³-hybridized carbons (Fsp3) is 0.267. The predicted molar refractivity (Wildman–Crippen MR) is 75.4 cm³/mol. The van der Waals surface area contributed by atoms with Gasteiger partial charge in [-0.3, -0.25) is 4.99 Å². The highest BCUT2D eigenvalue weighted by molar-refractivity contribution is 5.84. The van der Waals surface area contributed by atoms with E-state index in [4.69, 9.17) is 9.15 Å². The molecule has 0 radical (unpaired) electrons. The number of aromatic hydroxyl groups is 1. The molecule has 2 rings (SSSR count). The molecule has 0 fully saturated rings. The minimum atomic E-state index is -1.19. The number of hydrogen-bond donors (Lipinski definition) is 2. The Labute approximate surface area is 117 Å². The maximum atomic E-state index is 10.2. The summed E-state index contributed by atoms with van der Waals surface area (Å²) in [7, 11) is 1.48. The minimum Gasteiger partial charge on any atom is -0.504 e. The Balaban J connectivity index is 2.11. The van der Waals surface area contributed by atoms with E-state index >= 15 is 0 Å². The first-order valence-corrected chi connectivity index (χ1v) is 6.17. The summed E-state index contributed by atoms with van der Waals surface area (Å²) in [5, 5.41) is 20.1. The maximum Gasteiger partial charge on any atom is 0.166 e. The predicted octanol–water partition coefficient (Wildman–Crippen LogP) is 2.32. The first-order valence-electron chi connectivity index (χ1n) is 6.17. The van der Waals surface area contributed by atoms with Gasteiger partial charge in [0.05, 0.1) is 19.9 Å². The summed E-state index contributed by atoms with van der Waals surface area (Å²) in [6, 6.07) is 8.53. The lowest BCUT2D eigenvalue weighted by Gasteiger charge is -2.17. The zero-order valence-electron chi connectivity index (χ0n) is 11.4. The summed E-state index contributed by atoms with van der Waals surface area (Å²) in [4.78, 5) is 4.15. The molecule has 1 heterocycles. The SMILES string of the molecule is COc1cccc(C=NCC(C)(O)c2ccco2)c1O. The number of furan rings is 1. The van der Waals surface area contributed by atoms with E-state index < -0.39 is 5.60 Å². The van der Waals surface area contributed by atoms with Gasteiger partial charge in [-0.2, -0.15) is 0 Å². The molecule has 0 saturated heterocycles. The molecule has 0 aliphatic carbocycles. The number of hydrogen-bond acceptors (Lipinski definition) is 5. The van der Waals surface area contributed by atoms with Gasteiger partial charge in [-0.05, 0) is 31.2 Å². The Bertz CT molecular complexity index is 588. The van der Waals surface area contributed by atoms with Crippen LogP contribution in [0.2, 0.25) is 0 Å². The lowest BCUT2D eigenvalue weighted by molar-refractivity contribution is 0.0439. The van der Waals surface area contributed by atoms with E-state index in [1.165, 1.54) is 19.6 Å². The highest BCUT2D eigenvalue weighted by atomic mass is 16.5. The van der Waals surface area contributed by atoms with Crippen molar-refractivity contribution < 1.29 is 19.4 Å². The minimum absolute atomic E-state index is 0.0244. The van der Waals surface area contributed by atoms with Crippen LogP contribution in [0.25, 0.3) is 0 Å². The van der Waals surface area contributed by atoms with Crippen molar-refractivity contribution in [3.05, 3.63) is 47.9 Å². The third kappa shape index (κ3) is 3.00. The van der Waals surface area contributed by atoms with Crippen LogP contribution in [0, 0.1) is 0 Å². The van der Waals surface area contributed by atoms with E-state index in [2.05, 4.69) is 4.99 Å². The van der Waals surface area contributed by atoms with E-state index in [1.54, 1.807) is 37.3 Å². The molecule has 0 aliphatic heterocycles. The number of para-hydroxylation sites is 1. The Morgan fingerprint density at radius 2 is 2.15 bits per heavy atom. The highest BCUT2D eigenvalue weighted by Crippen LogP contribution is 2.28. The van der Waals surface area contributed by atoms with Crippen molar-refractivity contribution in [2.45, 2.75) is 12.5 Å². The molecule has 1 aromatic heterocycles. The highest BCUT2D eigenvalue weighted by Gasteiger charge is 2.25. The number of aliphatic hydroxyl groups is 1. The second kappa shape index (κ2) is 5.79. The van der Waals surface area contributed by atoms with Crippen LogP contribution in [-0.4, -0.2) is 30.1 Å². The molecule has 0 amide bonds. The van der Waals surface area contributed by atoms with Crippen molar-refractivity contribution in [3.63, 3.8) is 0 Å². The van der Waals surface area contributed by atoms with Crippen LogP contribution in [0.15, 0.2) is 46.0 Å². The van der Waals surface area contributed by atoms with Gasteiger partial charge >= 0.3 is 0 Å². The lowest BCUT2D eigenvalue weighted by atomic mass is 10.0. The molecule has 2 N–H and O–H groups in total. The number of methoxy groups -OCH3 is 1. The zero-order valence-corrected chi connectivity index (χ0v) is 11.4. The Kier molecular flexibility index (Phi) is 4.10. The average Bonchev–Trinajstić information content (AvgIpc) is 2.95. The summed E-state index contributed by atoms with van der Waals surface area (Å²) >= 11 is 0. The molecule has 2 aromatic rings. The molecule has 106 valence electrons. The van der Waals surface area contributed by atoms with Crippen LogP contribution in [0.5, 0.6) is 11.5 Å². The molecule has 0 spiro atoms. The van der Waals surface area contributed by atoms with Crippen molar-refractivity contribution in [1.29, 1.82) is 0 Å². The van der Waals surface area contributed by atoms with Gasteiger partial charge in [0.15, 0.2) is 11.5 Å². The molecule has 1 aromatic carbocycles. The van der Waals surface area contributed by atoms with Gasteiger partial charge in [0, 0.05) is 11.8 Å². The third-order valence-corrected chi connectivity index (χ3v) is 2.93. The maximum absolute atomic E-state index is 10.2. The van der Waals surface area contributed by atoms with E-state index in [9.17, 15) is 10.2 Å². The van der Waals surface area contributed by atoms with Crippen LogP contribution in [0.4, 0.5) is 0 Å². The molecule has 5 heteroatoms. The van der Waals surface area contributed by atoms with Gasteiger partial charge in [0.2, 0.25) is 0 Å². The molecular weight excluding hydrogens is 258 g/mol. The van der Waals surface area contributed by atoms with Gasteiger partial charge in [-0.25, -0.2) is 0 Å². The summed E-state index contributed by atoms with van der Waals surface area (Å²) < 4.78 is 10.2. The van der Waals surface area contributed by atoms with Gasteiger partial charge in [-0.15, -0.1) is 0 Å². The largest absolute Gasteiger partial charge is 0.504 e. The quantitative estimate of drug-likeness (QED) is 0.821. The fourth-order valence-corrected chi connectivity index (χ4v) is 1.79. The summed E-state index contributed by atoms with van der Waals surface area (Å²) in [6.07, 6.45) is 3.00. The van der Waals surface area contributed by atoms with Crippen molar-refractivity contribution in [2.24, 2.45) is 4.99 Å². The number of aliphatic imine (C=N–C) groups is 1. The standard InChI is InChI=1S/C15H17NO4/c1-15(18,13-7-4-8-20-13)10-16-9-11-5-3-6-12(19-2)14(11)17/h3-9,17-18H,10H2,1-2H3. The first kappa shape index (κ1) is 14.1. The first-order chi connectivity index (χ1) is 9.54. The third-order valence-electron chi connectivity index (χ3n) is 2.93. The van der Waals surface area contributed by atoms with Gasteiger partial charge in [0.1, 0.15) is 11.4 Å². The van der Waals surface area contributed by atoms with Gasteiger partial charge < -0.3 is 19.4 Å². The van der Waals surface area contributed by atoms with E-state index in [0.29, 0.717) is 17.1 Å². The smallest absolute Gasteiger partial charge is 0.166 e. The van der Waals surface area contributed by atoms with Crippen molar-refractivity contribution in [3.8, 4) is 11.5 Å². The topological polar surface area (TPSA) is 75.2 Å². The van der Waals surface area contributed by atoms with Crippen molar-refractivity contribution in [1.82, 2.24) is 0 Å². The molecule has 0 aliphatic rings. The van der Waals surface area contributed by atoms with E-state index in [-0.39, 0.29) is 12.3 Å². The summed E-state index contributed by atoms with van der Waals surface area (Å²) in [5.41, 5.74) is -0.659. The van der Waals surface area contributed by atoms with Crippen molar-refractivity contribution in [2.75, 3.05) is 13.7 Å². The van der Waals surface area contributed by atoms with Crippen LogP contribution >= 0.6 is 0 Å². The molecule has 1 atom stereocenters. The van der Waals surface area contributed by atoms with Gasteiger partial charge in [-0.1, -0.05) is 6.07 Å². The molecular formula is C15H17NO4. The Morgan fingerprint density at radius 3 is 2.80 bits per heavy atom. The van der Waals surface area contributed by atoms with Crippen LogP contribution in [0.3, 0.4) is 0 Å². The zero-order chi connectivity index (χ0) is 14.6. The average molecular weight is 275 g/mol. The van der Waals surface area contributed by atoms with Crippen LogP contribution < -0.4 is 4.74 Å². The number of phenolic OH excluding ortho intramolecular Hbond substituents is 1.